The van der Waals surface area contributed by atoms with Gasteiger partial charge in [-0.05, 0) is 30.9 Å². The Morgan fingerprint density at radius 2 is 2.11 bits per heavy atom. The third-order valence-electron chi connectivity index (χ3n) is 3.86. The van der Waals surface area contributed by atoms with Gasteiger partial charge in [0.05, 0.1) is 6.04 Å². The van der Waals surface area contributed by atoms with E-state index in [1.807, 2.05) is 12.1 Å². The number of rotatable bonds is 6. The standard InChI is InChI=1S/C16H24N2O/c1-3-10-18(15-11-17-12-15)16(19)9-8-14-7-5-4-6-13(14)2/h4-7,15,17H,3,8-12H2,1-2H3. The predicted octanol–water partition coefficient (Wildman–Crippen LogP) is 2.14. The van der Waals surface area contributed by atoms with E-state index in [2.05, 4.69) is 36.2 Å². The lowest BCUT2D eigenvalue weighted by molar-refractivity contribution is -0.134. The quantitative estimate of drug-likeness (QED) is 0.850. The Labute approximate surface area is 116 Å². The van der Waals surface area contributed by atoms with Crippen molar-refractivity contribution in [2.45, 2.75) is 39.2 Å². The average Bonchev–Trinajstić information content (AvgIpc) is 2.35. The lowest BCUT2D eigenvalue weighted by atomic mass is 10.0. The molecule has 1 aromatic carbocycles. The highest BCUT2D eigenvalue weighted by atomic mass is 16.2. The van der Waals surface area contributed by atoms with Gasteiger partial charge < -0.3 is 10.2 Å². The van der Waals surface area contributed by atoms with Gasteiger partial charge in [-0.3, -0.25) is 4.79 Å². The van der Waals surface area contributed by atoms with Crippen molar-refractivity contribution in [3.8, 4) is 0 Å². The minimum absolute atomic E-state index is 0.302. The maximum Gasteiger partial charge on any atom is 0.223 e. The maximum absolute atomic E-state index is 12.4. The first-order valence-electron chi connectivity index (χ1n) is 7.27. The van der Waals surface area contributed by atoms with Gasteiger partial charge in [0.15, 0.2) is 0 Å². The molecule has 0 saturated carbocycles. The normalized spacial score (nSPS) is 15.1. The largest absolute Gasteiger partial charge is 0.337 e. The third kappa shape index (κ3) is 3.57. The highest BCUT2D eigenvalue weighted by molar-refractivity contribution is 5.77. The first-order chi connectivity index (χ1) is 9.22. The van der Waals surface area contributed by atoms with Crippen molar-refractivity contribution in [1.82, 2.24) is 10.2 Å². The molecule has 1 aromatic rings. The first-order valence-corrected chi connectivity index (χ1v) is 7.27. The Hall–Kier alpha value is -1.35. The van der Waals surface area contributed by atoms with Crippen molar-refractivity contribution in [3.63, 3.8) is 0 Å². The second-order valence-electron chi connectivity index (χ2n) is 5.33. The van der Waals surface area contributed by atoms with Crippen molar-refractivity contribution >= 4 is 5.91 Å². The van der Waals surface area contributed by atoms with E-state index >= 15 is 0 Å². The number of hydrogen-bond donors (Lipinski definition) is 1. The van der Waals surface area contributed by atoms with Gasteiger partial charge in [-0.1, -0.05) is 31.2 Å². The molecular formula is C16H24N2O. The van der Waals surface area contributed by atoms with Crippen molar-refractivity contribution in [1.29, 1.82) is 0 Å². The summed E-state index contributed by atoms with van der Waals surface area (Å²) in [6.45, 7) is 7.04. The summed E-state index contributed by atoms with van der Waals surface area (Å²) in [5, 5.41) is 3.24. The summed E-state index contributed by atoms with van der Waals surface area (Å²) < 4.78 is 0. The molecule has 0 bridgehead atoms. The van der Waals surface area contributed by atoms with Gasteiger partial charge in [0.25, 0.3) is 0 Å². The van der Waals surface area contributed by atoms with Crippen LogP contribution in [-0.4, -0.2) is 36.5 Å². The second kappa shape index (κ2) is 6.71. The number of nitrogens with zero attached hydrogens (tertiary/aromatic N) is 1. The molecule has 1 amide bonds. The van der Waals surface area contributed by atoms with Crippen LogP contribution in [0.1, 0.15) is 30.9 Å². The fourth-order valence-corrected chi connectivity index (χ4v) is 2.52. The summed E-state index contributed by atoms with van der Waals surface area (Å²) in [5.41, 5.74) is 2.57. The lowest BCUT2D eigenvalue weighted by Gasteiger charge is -2.38. The Morgan fingerprint density at radius 1 is 1.37 bits per heavy atom. The van der Waals surface area contributed by atoms with Gasteiger partial charge >= 0.3 is 0 Å². The molecule has 104 valence electrons. The Balaban J connectivity index is 1.90. The van der Waals surface area contributed by atoms with E-state index < -0.39 is 0 Å². The minimum Gasteiger partial charge on any atom is -0.337 e. The van der Waals surface area contributed by atoms with Crippen LogP contribution in [0.3, 0.4) is 0 Å². The molecule has 3 nitrogen and oxygen atoms in total. The Bertz CT molecular complexity index is 427. The molecule has 2 rings (SSSR count). The lowest BCUT2D eigenvalue weighted by Crippen LogP contribution is -2.59. The monoisotopic (exact) mass is 260 g/mol. The van der Waals surface area contributed by atoms with Gasteiger partial charge in [0, 0.05) is 26.1 Å². The molecule has 0 aliphatic carbocycles. The van der Waals surface area contributed by atoms with Crippen LogP contribution >= 0.6 is 0 Å². The van der Waals surface area contributed by atoms with E-state index in [9.17, 15) is 4.79 Å². The molecule has 1 aliphatic rings. The van der Waals surface area contributed by atoms with E-state index in [-0.39, 0.29) is 0 Å². The predicted molar refractivity (Wildman–Crippen MR) is 78.2 cm³/mol. The number of carbonyl (C=O) groups excluding carboxylic acids is 1. The first kappa shape index (κ1) is 14.1. The zero-order valence-corrected chi connectivity index (χ0v) is 12.0. The van der Waals surface area contributed by atoms with E-state index in [4.69, 9.17) is 0 Å². The Morgan fingerprint density at radius 3 is 2.68 bits per heavy atom. The van der Waals surface area contributed by atoms with Gasteiger partial charge in [-0.25, -0.2) is 0 Å². The van der Waals surface area contributed by atoms with E-state index in [0.717, 1.165) is 32.5 Å². The molecule has 0 spiro atoms. The molecule has 1 heterocycles. The smallest absolute Gasteiger partial charge is 0.223 e. The van der Waals surface area contributed by atoms with Crippen LogP contribution in [0.4, 0.5) is 0 Å². The van der Waals surface area contributed by atoms with E-state index in [1.165, 1.54) is 11.1 Å². The molecule has 0 atom stereocenters. The highest BCUT2D eigenvalue weighted by Gasteiger charge is 2.27. The van der Waals surface area contributed by atoms with Crippen LogP contribution < -0.4 is 5.32 Å². The van der Waals surface area contributed by atoms with Crippen molar-refractivity contribution < 1.29 is 4.79 Å². The fourth-order valence-electron chi connectivity index (χ4n) is 2.52. The average molecular weight is 260 g/mol. The second-order valence-corrected chi connectivity index (χ2v) is 5.33. The molecular weight excluding hydrogens is 236 g/mol. The number of hydrogen-bond acceptors (Lipinski definition) is 2. The van der Waals surface area contributed by atoms with Crippen LogP contribution in [-0.2, 0) is 11.2 Å². The number of amides is 1. The summed E-state index contributed by atoms with van der Waals surface area (Å²) in [5.74, 6) is 0.302. The molecule has 0 unspecified atom stereocenters. The summed E-state index contributed by atoms with van der Waals surface area (Å²) in [7, 11) is 0. The molecule has 1 fully saturated rings. The van der Waals surface area contributed by atoms with Crippen LogP contribution in [0.25, 0.3) is 0 Å². The number of aryl methyl sites for hydroxylation is 2. The maximum atomic E-state index is 12.4. The van der Waals surface area contributed by atoms with Crippen LogP contribution in [0, 0.1) is 6.92 Å². The van der Waals surface area contributed by atoms with Crippen molar-refractivity contribution in [3.05, 3.63) is 35.4 Å². The zero-order chi connectivity index (χ0) is 13.7. The topological polar surface area (TPSA) is 32.3 Å². The number of benzene rings is 1. The van der Waals surface area contributed by atoms with E-state index in [1.54, 1.807) is 0 Å². The molecule has 1 aliphatic heterocycles. The van der Waals surface area contributed by atoms with Gasteiger partial charge in [0.2, 0.25) is 5.91 Å². The Kier molecular flexibility index (Phi) is 4.97. The molecule has 1 N–H and O–H groups in total. The third-order valence-corrected chi connectivity index (χ3v) is 3.86. The number of nitrogens with one attached hydrogen (secondary N) is 1. The van der Waals surface area contributed by atoms with Crippen molar-refractivity contribution in [2.24, 2.45) is 0 Å². The summed E-state index contributed by atoms with van der Waals surface area (Å²) >= 11 is 0. The van der Waals surface area contributed by atoms with Gasteiger partial charge in [-0.2, -0.15) is 0 Å². The molecule has 1 saturated heterocycles. The summed E-state index contributed by atoms with van der Waals surface area (Å²) in [4.78, 5) is 14.4. The van der Waals surface area contributed by atoms with Crippen LogP contribution in [0.15, 0.2) is 24.3 Å². The minimum atomic E-state index is 0.302. The molecule has 0 aromatic heterocycles. The molecule has 0 radical (unpaired) electrons. The summed E-state index contributed by atoms with van der Waals surface area (Å²) in [6, 6.07) is 8.75. The van der Waals surface area contributed by atoms with Crippen LogP contribution in [0.2, 0.25) is 0 Å². The van der Waals surface area contributed by atoms with Crippen molar-refractivity contribution in [2.75, 3.05) is 19.6 Å². The van der Waals surface area contributed by atoms with E-state index in [0.29, 0.717) is 18.4 Å². The van der Waals surface area contributed by atoms with Gasteiger partial charge in [0.1, 0.15) is 0 Å². The van der Waals surface area contributed by atoms with Crippen LogP contribution in [0.5, 0.6) is 0 Å². The highest BCUT2D eigenvalue weighted by Crippen LogP contribution is 2.13. The molecule has 3 heteroatoms. The fraction of sp³-hybridized carbons (Fsp3) is 0.562. The summed E-state index contributed by atoms with van der Waals surface area (Å²) in [6.07, 6.45) is 2.51. The number of carbonyl (C=O) groups is 1. The SMILES string of the molecule is CCCN(C(=O)CCc1ccccc1C)C1CNC1. The van der Waals surface area contributed by atoms with Gasteiger partial charge in [-0.15, -0.1) is 0 Å². The zero-order valence-electron chi connectivity index (χ0n) is 12.0. The molecule has 19 heavy (non-hydrogen) atoms.